The lowest BCUT2D eigenvalue weighted by molar-refractivity contribution is -0.117. The van der Waals surface area contributed by atoms with Gasteiger partial charge in [0.2, 0.25) is 5.91 Å². The van der Waals surface area contributed by atoms with Crippen molar-refractivity contribution in [3.63, 3.8) is 0 Å². The Balaban J connectivity index is 2.28. The number of fused-ring (bicyclic) bond motifs is 1. The molecule has 0 spiro atoms. The molecule has 1 aromatic carbocycles. The van der Waals surface area contributed by atoms with E-state index in [-0.39, 0.29) is 18.2 Å². The highest BCUT2D eigenvalue weighted by Gasteiger charge is 2.23. The molecule has 0 saturated heterocycles. The second kappa shape index (κ2) is 4.87. The zero-order valence-corrected chi connectivity index (χ0v) is 11.1. The van der Waals surface area contributed by atoms with E-state index in [9.17, 15) is 9.59 Å². The van der Waals surface area contributed by atoms with Gasteiger partial charge >= 0.3 is 0 Å². The highest BCUT2D eigenvalue weighted by atomic mass is 79.9. The van der Waals surface area contributed by atoms with E-state index in [0.29, 0.717) is 13.0 Å². The number of ketones is 1. The molecule has 4 nitrogen and oxygen atoms in total. The summed E-state index contributed by atoms with van der Waals surface area (Å²) in [7, 11) is 0. The van der Waals surface area contributed by atoms with Gasteiger partial charge < -0.3 is 10.2 Å². The quantitative estimate of drug-likeness (QED) is 0.930. The van der Waals surface area contributed by atoms with Crippen LogP contribution < -0.4 is 10.2 Å². The van der Waals surface area contributed by atoms with Crippen LogP contribution in [-0.4, -0.2) is 24.8 Å². The number of benzene rings is 1. The molecule has 0 unspecified atom stereocenters. The van der Waals surface area contributed by atoms with Crippen LogP contribution in [0.15, 0.2) is 22.7 Å². The molecular formula is C12H13BrN2O2. The van der Waals surface area contributed by atoms with Crippen LogP contribution in [0.2, 0.25) is 0 Å². The highest BCUT2D eigenvalue weighted by molar-refractivity contribution is 9.10. The van der Waals surface area contributed by atoms with E-state index in [4.69, 9.17) is 0 Å². The van der Waals surface area contributed by atoms with Crippen molar-refractivity contribution in [1.29, 1.82) is 0 Å². The van der Waals surface area contributed by atoms with Gasteiger partial charge in [-0.15, -0.1) is 0 Å². The summed E-state index contributed by atoms with van der Waals surface area (Å²) >= 11 is 3.39. The molecule has 0 bridgehead atoms. The molecule has 1 N–H and O–H groups in total. The first-order valence-electron chi connectivity index (χ1n) is 5.41. The van der Waals surface area contributed by atoms with E-state index >= 15 is 0 Å². The minimum Gasteiger partial charge on any atom is -0.374 e. The minimum absolute atomic E-state index is 0.00292. The molecule has 1 aromatic rings. The molecule has 1 heterocycles. The fraction of sp³-hybridized carbons (Fsp3) is 0.333. The molecule has 90 valence electrons. The van der Waals surface area contributed by atoms with Gasteiger partial charge in [0, 0.05) is 17.4 Å². The number of hydrogen-bond donors (Lipinski definition) is 1. The number of hydrogen-bond acceptors (Lipinski definition) is 3. The molecule has 1 aliphatic rings. The van der Waals surface area contributed by atoms with Gasteiger partial charge in [0.1, 0.15) is 5.78 Å². The van der Waals surface area contributed by atoms with Crippen molar-refractivity contribution in [2.45, 2.75) is 13.3 Å². The van der Waals surface area contributed by atoms with Gasteiger partial charge in [0.25, 0.3) is 0 Å². The first-order valence-corrected chi connectivity index (χ1v) is 6.20. The summed E-state index contributed by atoms with van der Waals surface area (Å²) < 4.78 is 0.917. The normalized spacial score (nSPS) is 14.2. The fourth-order valence-electron chi connectivity index (χ4n) is 1.79. The summed E-state index contributed by atoms with van der Waals surface area (Å²) in [6.45, 7) is 2.26. The third-order valence-electron chi connectivity index (χ3n) is 2.67. The van der Waals surface area contributed by atoms with E-state index in [2.05, 4.69) is 21.2 Å². The maximum atomic E-state index is 11.8. The van der Waals surface area contributed by atoms with Crippen LogP contribution in [-0.2, 0) is 9.59 Å². The molecule has 0 aliphatic carbocycles. The summed E-state index contributed by atoms with van der Waals surface area (Å²) in [5.41, 5.74) is 1.76. The number of anilines is 2. The van der Waals surface area contributed by atoms with Gasteiger partial charge in [0.15, 0.2) is 0 Å². The lowest BCUT2D eigenvalue weighted by atomic mass is 10.1. The van der Waals surface area contributed by atoms with E-state index in [1.165, 1.54) is 6.92 Å². The van der Waals surface area contributed by atoms with Crippen LogP contribution in [0.4, 0.5) is 11.4 Å². The predicted molar refractivity (Wildman–Crippen MR) is 70.3 cm³/mol. The van der Waals surface area contributed by atoms with Crippen molar-refractivity contribution in [3.8, 4) is 0 Å². The second-order valence-electron chi connectivity index (χ2n) is 4.01. The average molecular weight is 297 g/mol. The van der Waals surface area contributed by atoms with Crippen molar-refractivity contribution in [1.82, 2.24) is 0 Å². The molecule has 5 heteroatoms. The Morgan fingerprint density at radius 1 is 1.53 bits per heavy atom. The largest absolute Gasteiger partial charge is 0.374 e. The Kier molecular flexibility index (Phi) is 3.47. The summed E-state index contributed by atoms with van der Waals surface area (Å²) in [4.78, 5) is 24.5. The van der Waals surface area contributed by atoms with Crippen molar-refractivity contribution < 1.29 is 9.59 Å². The smallest absolute Gasteiger partial charge is 0.246 e. The molecule has 0 radical (unpaired) electrons. The molecule has 2 rings (SSSR count). The van der Waals surface area contributed by atoms with E-state index in [1.807, 2.05) is 18.2 Å². The Bertz CT molecular complexity index is 474. The van der Waals surface area contributed by atoms with Crippen LogP contribution in [0.3, 0.4) is 0 Å². The van der Waals surface area contributed by atoms with Gasteiger partial charge in [-0.25, -0.2) is 0 Å². The Morgan fingerprint density at radius 3 is 3.00 bits per heavy atom. The Labute approximate surface area is 108 Å². The zero-order chi connectivity index (χ0) is 12.4. The van der Waals surface area contributed by atoms with Crippen LogP contribution in [0.1, 0.15) is 13.3 Å². The second-order valence-corrected chi connectivity index (χ2v) is 4.93. The van der Waals surface area contributed by atoms with Crippen LogP contribution in [0.5, 0.6) is 0 Å². The van der Waals surface area contributed by atoms with Gasteiger partial charge in [-0.1, -0.05) is 15.9 Å². The Morgan fingerprint density at radius 2 is 2.29 bits per heavy atom. The van der Waals surface area contributed by atoms with Gasteiger partial charge in [-0.2, -0.15) is 0 Å². The van der Waals surface area contributed by atoms with E-state index in [1.54, 1.807) is 4.90 Å². The third kappa shape index (κ3) is 2.66. The van der Waals surface area contributed by atoms with Crippen molar-refractivity contribution in [2.75, 3.05) is 23.3 Å². The van der Waals surface area contributed by atoms with Crippen molar-refractivity contribution >= 4 is 39.0 Å². The lowest BCUT2D eigenvalue weighted by Crippen LogP contribution is -2.40. The molecule has 0 saturated carbocycles. The first-order chi connectivity index (χ1) is 8.08. The summed E-state index contributed by atoms with van der Waals surface area (Å²) in [6.07, 6.45) is 0.387. The number of carbonyl (C=O) groups is 2. The van der Waals surface area contributed by atoms with Crippen molar-refractivity contribution in [3.05, 3.63) is 22.7 Å². The lowest BCUT2D eigenvalue weighted by Gasteiger charge is -2.30. The number of nitrogens with one attached hydrogen (secondary N) is 1. The number of halogens is 1. The summed E-state index contributed by atoms with van der Waals surface area (Å²) in [6, 6.07) is 5.73. The standard InChI is InChI=1S/C12H13BrN2O2/c1-8(16)4-5-15-11-6-9(13)2-3-10(11)14-7-12(15)17/h2-3,6,14H,4-5,7H2,1H3. The number of amides is 1. The number of Topliss-reactive ketones (excluding diaryl/α,β-unsaturated/α-hetero) is 1. The zero-order valence-electron chi connectivity index (χ0n) is 9.50. The SMILES string of the molecule is CC(=O)CCN1C(=O)CNc2ccc(Br)cc21. The molecule has 0 fully saturated rings. The minimum atomic E-state index is -0.00292. The maximum absolute atomic E-state index is 11.8. The molecule has 1 amide bonds. The highest BCUT2D eigenvalue weighted by Crippen LogP contribution is 2.32. The number of carbonyl (C=O) groups excluding carboxylic acids is 2. The third-order valence-corrected chi connectivity index (χ3v) is 3.16. The molecule has 0 aromatic heterocycles. The molecule has 0 atom stereocenters. The van der Waals surface area contributed by atoms with Crippen LogP contribution >= 0.6 is 15.9 Å². The monoisotopic (exact) mass is 296 g/mol. The Hall–Kier alpha value is -1.36. The van der Waals surface area contributed by atoms with Gasteiger partial charge in [-0.3, -0.25) is 9.59 Å². The average Bonchev–Trinajstić information content (AvgIpc) is 2.27. The maximum Gasteiger partial charge on any atom is 0.246 e. The van der Waals surface area contributed by atoms with Crippen molar-refractivity contribution in [2.24, 2.45) is 0 Å². The molecular weight excluding hydrogens is 284 g/mol. The topological polar surface area (TPSA) is 49.4 Å². The van der Waals surface area contributed by atoms with Gasteiger partial charge in [-0.05, 0) is 25.1 Å². The van der Waals surface area contributed by atoms with Crippen LogP contribution in [0, 0.1) is 0 Å². The fourth-order valence-corrected chi connectivity index (χ4v) is 2.14. The van der Waals surface area contributed by atoms with E-state index in [0.717, 1.165) is 15.8 Å². The number of nitrogens with zero attached hydrogens (tertiary/aromatic N) is 1. The molecule has 1 aliphatic heterocycles. The van der Waals surface area contributed by atoms with Gasteiger partial charge in [0.05, 0.1) is 17.9 Å². The van der Waals surface area contributed by atoms with E-state index < -0.39 is 0 Å². The van der Waals surface area contributed by atoms with Crippen LogP contribution in [0.25, 0.3) is 0 Å². The molecule has 17 heavy (non-hydrogen) atoms. The predicted octanol–water partition coefficient (Wildman–Crippen LogP) is 2.19. The number of rotatable bonds is 3. The summed E-state index contributed by atoms with van der Waals surface area (Å²) in [5, 5.41) is 3.06. The first kappa shape index (κ1) is 12.1. The summed E-state index contributed by atoms with van der Waals surface area (Å²) in [5.74, 6) is 0.0877.